The topological polar surface area (TPSA) is 66.8 Å². The van der Waals surface area contributed by atoms with Crippen LogP contribution in [0.2, 0.25) is 0 Å². The van der Waals surface area contributed by atoms with E-state index in [1.54, 1.807) is 4.90 Å². The summed E-state index contributed by atoms with van der Waals surface area (Å²) < 4.78 is 5.43. The lowest BCUT2D eigenvalue weighted by molar-refractivity contribution is -0.137. The van der Waals surface area contributed by atoms with E-state index in [-0.39, 0.29) is 18.9 Å². The van der Waals surface area contributed by atoms with Crippen LogP contribution < -0.4 is 4.74 Å². The zero-order chi connectivity index (χ0) is 14.4. The van der Waals surface area contributed by atoms with Crippen molar-refractivity contribution in [3.63, 3.8) is 0 Å². The van der Waals surface area contributed by atoms with Crippen LogP contribution in [0.25, 0.3) is 0 Å². The molecular weight excluding hydrogens is 258 g/mol. The number of hydrogen-bond donors (Lipinski definition) is 1. The second-order valence-corrected chi connectivity index (χ2v) is 5.03. The average molecular weight is 277 g/mol. The normalized spacial score (nSPS) is 18.0. The highest BCUT2D eigenvalue weighted by molar-refractivity contribution is 5.78. The van der Waals surface area contributed by atoms with E-state index in [1.165, 1.54) is 0 Å². The van der Waals surface area contributed by atoms with Gasteiger partial charge in [-0.05, 0) is 30.9 Å². The van der Waals surface area contributed by atoms with Crippen molar-refractivity contribution in [3.05, 3.63) is 30.3 Å². The fraction of sp³-hybridized carbons (Fsp3) is 0.467. The molecule has 1 aromatic carbocycles. The molecule has 0 radical (unpaired) electrons. The van der Waals surface area contributed by atoms with Crippen LogP contribution >= 0.6 is 0 Å². The Labute approximate surface area is 118 Å². The summed E-state index contributed by atoms with van der Waals surface area (Å²) in [5.74, 6) is 0.170. The van der Waals surface area contributed by atoms with E-state index >= 15 is 0 Å². The number of nitrogens with zero attached hydrogens (tertiary/aromatic N) is 1. The molecule has 1 atom stereocenters. The molecule has 2 rings (SSSR count). The SMILES string of the molecule is O=C(O)CCC1CCN(C(=O)COc2ccccc2)C1. The van der Waals surface area contributed by atoms with E-state index in [4.69, 9.17) is 9.84 Å². The van der Waals surface area contributed by atoms with Gasteiger partial charge in [0.05, 0.1) is 0 Å². The van der Waals surface area contributed by atoms with Crippen molar-refractivity contribution in [1.29, 1.82) is 0 Å². The third-order valence-electron chi connectivity index (χ3n) is 3.51. The summed E-state index contributed by atoms with van der Waals surface area (Å²) in [6, 6.07) is 9.23. The van der Waals surface area contributed by atoms with Crippen molar-refractivity contribution in [2.75, 3.05) is 19.7 Å². The Morgan fingerprint density at radius 2 is 2.05 bits per heavy atom. The summed E-state index contributed by atoms with van der Waals surface area (Å²) in [5.41, 5.74) is 0. The number of hydrogen-bond acceptors (Lipinski definition) is 3. The standard InChI is InChI=1S/C15H19NO4/c17-14(11-20-13-4-2-1-3-5-13)16-9-8-12(10-16)6-7-15(18)19/h1-5,12H,6-11H2,(H,18,19). The van der Waals surface area contributed by atoms with Crippen molar-refractivity contribution >= 4 is 11.9 Å². The largest absolute Gasteiger partial charge is 0.484 e. The van der Waals surface area contributed by atoms with Gasteiger partial charge < -0.3 is 14.7 Å². The van der Waals surface area contributed by atoms with Gasteiger partial charge in [0.25, 0.3) is 5.91 Å². The first kappa shape index (κ1) is 14.4. The molecular formula is C15H19NO4. The first-order valence-electron chi connectivity index (χ1n) is 6.82. The minimum absolute atomic E-state index is 0.0355. The number of ether oxygens (including phenoxy) is 1. The molecule has 1 fully saturated rings. The molecule has 1 unspecified atom stereocenters. The number of carboxylic acid groups (broad SMARTS) is 1. The minimum Gasteiger partial charge on any atom is -0.484 e. The summed E-state index contributed by atoms with van der Waals surface area (Å²) in [4.78, 5) is 24.3. The van der Waals surface area contributed by atoms with Crippen LogP contribution in [0.5, 0.6) is 5.75 Å². The number of benzene rings is 1. The number of amides is 1. The van der Waals surface area contributed by atoms with Crippen LogP contribution in [0.4, 0.5) is 0 Å². The second-order valence-electron chi connectivity index (χ2n) is 5.03. The third-order valence-corrected chi connectivity index (χ3v) is 3.51. The van der Waals surface area contributed by atoms with Crippen LogP contribution in [0, 0.1) is 5.92 Å². The summed E-state index contributed by atoms with van der Waals surface area (Å²) in [6.07, 6.45) is 1.69. The number of rotatable bonds is 6. The van der Waals surface area contributed by atoms with Gasteiger partial charge in [0.1, 0.15) is 5.75 Å². The zero-order valence-electron chi connectivity index (χ0n) is 11.3. The van der Waals surface area contributed by atoms with Gasteiger partial charge in [-0.1, -0.05) is 18.2 Å². The molecule has 1 heterocycles. The van der Waals surface area contributed by atoms with Gasteiger partial charge in [-0.2, -0.15) is 0 Å². The lowest BCUT2D eigenvalue weighted by Crippen LogP contribution is -2.33. The molecule has 0 aliphatic carbocycles. The fourth-order valence-electron chi connectivity index (χ4n) is 2.38. The Bertz CT molecular complexity index is 460. The first-order valence-corrected chi connectivity index (χ1v) is 6.82. The van der Waals surface area contributed by atoms with Crippen LogP contribution in [0.15, 0.2) is 30.3 Å². The van der Waals surface area contributed by atoms with Gasteiger partial charge in [-0.25, -0.2) is 0 Å². The van der Waals surface area contributed by atoms with Crippen LogP contribution in [0.3, 0.4) is 0 Å². The number of carbonyl (C=O) groups excluding carboxylic acids is 1. The second kappa shape index (κ2) is 6.93. The van der Waals surface area contributed by atoms with Crippen molar-refractivity contribution in [2.45, 2.75) is 19.3 Å². The lowest BCUT2D eigenvalue weighted by Gasteiger charge is -2.16. The third kappa shape index (κ3) is 4.26. The molecule has 1 N–H and O–H groups in total. The molecule has 20 heavy (non-hydrogen) atoms. The molecule has 1 aromatic rings. The number of carboxylic acids is 1. The van der Waals surface area contributed by atoms with Gasteiger partial charge in [-0.15, -0.1) is 0 Å². The smallest absolute Gasteiger partial charge is 0.303 e. The Morgan fingerprint density at radius 3 is 2.75 bits per heavy atom. The van der Waals surface area contributed by atoms with Crippen LogP contribution in [0.1, 0.15) is 19.3 Å². The average Bonchev–Trinajstić information content (AvgIpc) is 2.92. The molecule has 1 aliphatic heterocycles. The number of likely N-dealkylation sites (tertiary alicyclic amines) is 1. The monoisotopic (exact) mass is 277 g/mol. The Morgan fingerprint density at radius 1 is 1.30 bits per heavy atom. The van der Waals surface area contributed by atoms with Gasteiger partial charge in [0.15, 0.2) is 6.61 Å². The van der Waals surface area contributed by atoms with E-state index in [0.717, 1.165) is 6.42 Å². The van der Waals surface area contributed by atoms with E-state index in [2.05, 4.69) is 0 Å². The zero-order valence-corrected chi connectivity index (χ0v) is 11.3. The molecule has 1 aliphatic rings. The first-order chi connectivity index (χ1) is 9.65. The highest BCUT2D eigenvalue weighted by Gasteiger charge is 2.26. The molecule has 1 saturated heterocycles. The van der Waals surface area contributed by atoms with Gasteiger partial charge in [0.2, 0.25) is 0 Å². The van der Waals surface area contributed by atoms with Crippen LogP contribution in [-0.2, 0) is 9.59 Å². The quantitative estimate of drug-likeness (QED) is 0.860. The number of aliphatic carboxylic acids is 1. The minimum atomic E-state index is -0.776. The number of para-hydroxylation sites is 1. The fourth-order valence-corrected chi connectivity index (χ4v) is 2.38. The molecule has 5 heteroatoms. The van der Waals surface area contributed by atoms with Gasteiger partial charge in [-0.3, -0.25) is 9.59 Å². The van der Waals surface area contributed by atoms with Gasteiger partial charge in [0, 0.05) is 19.5 Å². The van der Waals surface area contributed by atoms with E-state index < -0.39 is 5.97 Å². The highest BCUT2D eigenvalue weighted by atomic mass is 16.5. The van der Waals surface area contributed by atoms with E-state index in [0.29, 0.717) is 31.2 Å². The molecule has 1 amide bonds. The maximum Gasteiger partial charge on any atom is 0.303 e. The molecule has 108 valence electrons. The maximum atomic E-state index is 12.0. The number of carbonyl (C=O) groups is 2. The van der Waals surface area contributed by atoms with Gasteiger partial charge >= 0.3 is 5.97 Å². The molecule has 0 spiro atoms. The Hall–Kier alpha value is -2.04. The molecule has 0 saturated carbocycles. The molecule has 0 bridgehead atoms. The Kier molecular flexibility index (Phi) is 4.98. The Balaban J connectivity index is 1.73. The van der Waals surface area contributed by atoms with Crippen LogP contribution in [-0.4, -0.2) is 41.6 Å². The summed E-state index contributed by atoms with van der Waals surface area (Å²) in [7, 11) is 0. The van der Waals surface area contributed by atoms with E-state index in [1.807, 2.05) is 30.3 Å². The molecule has 5 nitrogen and oxygen atoms in total. The van der Waals surface area contributed by atoms with Crippen molar-refractivity contribution in [3.8, 4) is 5.75 Å². The maximum absolute atomic E-state index is 12.0. The van der Waals surface area contributed by atoms with Crippen molar-refractivity contribution < 1.29 is 19.4 Å². The molecule has 0 aromatic heterocycles. The summed E-state index contributed by atoms with van der Waals surface area (Å²) in [5, 5.41) is 8.66. The lowest BCUT2D eigenvalue weighted by atomic mass is 10.0. The van der Waals surface area contributed by atoms with E-state index in [9.17, 15) is 9.59 Å². The van der Waals surface area contributed by atoms with Crippen molar-refractivity contribution in [2.24, 2.45) is 5.92 Å². The predicted molar refractivity (Wildman–Crippen MR) is 73.5 cm³/mol. The van der Waals surface area contributed by atoms with Crippen molar-refractivity contribution in [1.82, 2.24) is 4.90 Å². The summed E-state index contributed by atoms with van der Waals surface area (Å²) >= 11 is 0. The predicted octanol–water partition coefficient (Wildman–Crippen LogP) is 1.78. The highest BCUT2D eigenvalue weighted by Crippen LogP contribution is 2.21. The summed E-state index contributed by atoms with van der Waals surface area (Å²) in [6.45, 7) is 1.38.